The zero-order chi connectivity index (χ0) is 12.9. The van der Waals surface area contributed by atoms with Crippen LogP contribution in [0, 0.1) is 0 Å². The quantitative estimate of drug-likeness (QED) is 0.522. The molecule has 0 bridgehead atoms. The van der Waals surface area contributed by atoms with Gasteiger partial charge in [0.25, 0.3) is 0 Å². The summed E-state index contributed by atoms with van der Waals surface area (Å²) in [5.41, 5.74) is -0.621. The lowest BCUT2D eigenvalue weighted by atomic mass is 9.91. The van der Waals surface area contributed by atoms with Crippen LogP contribution in [0.3, 0.4) is 0 Å². The Morgan fingerprint density at radius 1 is 1.41 bits per heavy atom. The van der Waals surface area contributed by atoms with Crippen molar-refractivity contribution in [3.05, 3.63) is 0 Å². The first kappa shape index (κ1) is 13.9. The lowest BCUT2D eigenvalue weighted by Gasteiger charge is -2.45. The molecule has 0 aromatic heterocycles. The Bertz CT molecular complexity index is 287. The van der Waals surface area contributed by atoms with Crippen molar-refractivity contribution in [2.45, 2.75) is 31.8 Å². The van der Waals surface area contributed by atoms with Crippen LogP contribution in [0.5, 0.6) is 0 Å². The highest BCUT2D eigenvalue weighted by Gasteiger charge is 2.39. The largest absolute Gasteiger partial charge is 0.481 e. The fourth-order valence-electron chi connectivity index (χ4n) is 1.85. The van der Waals surface area contributed by atoms with Gasteiger partial charge in [0.05, 0.1) is 12.1 Å². The molecule has 0 atom stereocenters. The highest BCUT2D eigenvalue weighted by Crippen LogP contribution is 2.23. The maximum Gasteiger partial charge on any atom is 0.303 e. The number of amides is 1. The average Bonchev–Trinajstić information content (AvgIpc) is 2.21. The molecule has 98 valence electrons. The van der Waals surface area contributed by atoms with E-state index in [0.717, 1.165) is 0 Å². The number of nitrogens with zero attached hydrogens (tertiary/aromatic N) is 1. The van der Waals surface area contributed by atoms with Crippen molar-refractivity contribution in [1.29, 1.82) is 0 Å². The van der Waals surface area contributed by atoms with Crippen LogP contribution < -0.4 is 5.32 Å². The summed E-state index contributed by atoms with van der Waals surface area (Å²) in [7, 11) is 0. The second-order valence-electron chi connectivity index (χ2n) is 4.57. The minimum atomic E-state index is -0.852. The van der Waals surface area contributed by atoms with Gasteiger partial charge in [0.15, 0.2) is 0 Å². The molecule has 1 fully saturated rings. The van der Waals surface area contributed by atoms with Gasteiger partial charge >= 0.3 is 5.97 Å². The van der Waals surface area contributed by atoms with E-state index in [2.05, 4.69) is 5.32 Å². The Balaban J connectivity index is 2.05. The van der Waals surface area contributed by atoms with E-state index >= 15 is 0 Å². The van der Waals surface area contributed by atoms with Gasteiger partial charge in [0, 0.05) is 26.1 Å². The molecule has 0 unspecified atom stereocenters. The molecule has 0 spiro atoms. The topological polar surface area (TPSA) is 89.9 Å². The first-order chi connectivity index (χ1) is 7.95. The van der Waals surface area contributed by atoms with Gasteiger partial charge in [-0.1, -0.05) is 6.92 Å². The van der Waals surface area contributed by atoms with Gasteiger partial charge in [0.2, 0.25) is 5.91 Å². The zero-order valence-corrected chi connectivity index (χ0v) is 10.1. The summed E-state index contributed by atoms with van der Waals surface area (Å²) in [6.07, 6.45) is 1.21. The predicted octanol–water partition coefficient (Wildman–Crippen LogP) is -0.576. The second-order valence-corrected chi connectivity index (χ2v) is 4.57. The standard InChI is InChI=1S/C11H20N2O4/c1-2-11(17)7-13(8-11)6-9(14)12-5-3-4-10(15)16/h17H,2-8H2,1H3,(H,12,14)(H,15,16). The molecule has 1 amide bonds. The van der Waals surface area contributed by atoms with Crippen molar-refractivity contribution in [3.8, 4) is 0 Å². The number of nitrogens with one attached hydrogen (secondary N) is 1. The number of rotatable bonds is 7. The van der Waals surface area contributed by atoms with E-state index in [-0.39, 0.29) is 18.9 Å². The Kier molecular flexibility index (Phi) is 4.89. The lowest BCUT2D eigenvalue weighted by Crippen LogP contribution is -2.63. The molecule has 0 saturated carbocycles. The number of carboxylic acids is 1. The summed E-state index contributed by atoms with van der Waals surface area (Å²) in [6.45, 7) is 3.65. The average molecular weight is 244 g/mol. The van der Waals surface area contributed by atoms with E-state index in [4.69, 9.17) is 5.11 Å². The molecule has 1 rings (SSSR count). The van der Waals surface area contributed by atoms with Crippen molar-refractivity contribution in [2.24, 2.45) is 0 Å². The summed E-state index contributed by atoms with van der Waals surface area (Å²) in [4.78, 5) is 23.5. The molecule has 1 saturated heterocycles. The van der Waals surface area contributed by atoms with Crippen LogP contribution >= 0.6 is 0 Å². The second kappa shape index (κ2) is 5.97. The highest BCUT2D eigenvalue weighted by molar-refractivity contribution is 5.78. The first-order valence-electron chi connectivity index (χ1n) is 5.88. The maximum absolute atomic E-state index is 11.4. The third-order valence-electron chi connectivity index (χ3n) is 2.95. The van der Waals surface area contributed by atoms with Crippen LogP contribution in [0.2, 0.25) is 0 Å². The molecule has 6 heteroatoms. The minimum absolute atomic E-state index is 0.0690. The molecular weight excluding hydrogens is 224 g/mol. The van der Waals surface area contributed by atoms with Gasteiger partial charge in [-0.05, 0) is 12.8 Å². The van der Waals surface area contributed by atoms with Gasteiger partial charge in [-0.3, -0.25) is 14.5 Å². The number of hydrogen-bond acceptors (Lipinski definition) is 4. The maximum atomic E-state index is 11.4. The van der Waals surface area contributed by atoms with Crippen molar-refractivity contribution < 1.29 is 19.8 Å². The van der Waals surface area contributed by atoms with E-state index in [1.165, 1.54) is 0 Å². The number of aliphatic hydroxyl groups is 1. The Labute approximate surface area is 101 Å². The van der Waals surface area contributed by atoms with Gasteiger partial charge in [-0.15, -0.1) is 0 Å². The number of likely N-dealkylation sites (tertiary alicyclic amines) is 1. The van der Waals surface area contributed by atoms with Gasteiger partial charge in [-0.25, -0.2) is 0 Å². The Morgan fingerprint density at radius 3 is 2.59 bits per heavy atom. The molecule has 3 N–H and O–H groups in total. The summed E-state index contributed by atoms with van der Waals surface area (Å²) >= 11 is 0. The third kappa shape index (κ3) is 4.70. The monoisotopic (exact) mass is 244 g/mol. The predicted molar refractivity (Wildman–Crippen MR) is 61.6 cm³/mol. The number of carboxylic acid groups (broad SMARTS) is 1. The molecule has 6 nitrogen and oxygen atoms in total. The highest BCUT2D eigenvalue weighted by atomic mass is 16.4. The van der Waals surface area contributed by atoms with Crippen LogP contribution in [0.1, 0.15) is 26.2 Å². The van der Waals surface area contributed by atoms with Crippen LogP contribution in [0.25, 0.3) is 0 Å². The van der Waals surface area contributed by atoms with Gasteiger partial charge in [-0.2, -0.15) is 0 Å². The molecule has 0 aromatic carbocycles. The van der Waals surface area contributed by atoms with Crippen molar-refractivity contribution in [2.75, 3.05) is 26.2 Å². The van der Waals surface area contributed by atoms with Crippen molar-refractivity contribution in [3.63, 3.8) is 0 Å². The molecule has 1 aliphatic heterocycles. The molecular formula is C11H20N2O4. The van der Waals surface area contributed by atoms with Gasteiger partial charge < -0.3 is 15.5 Å². The zero-order valence-electron chi connectivity index (χ0n) is 10.1. The third-order valence-corrected chi connectivity index (χ3v) is 2.95. The molecule has 1 aliphatic rings. The van der Waals surface area contributed by atoms with Crippen LogP contribution in [-0.2, 0) is 9.59 Å². The van der Waals surface area contributed by atoms with Crippen LogP contribution in [-0.4, -0.2) is 58.8 Å². The van der Waals surface area contributed by atoms with Crippen molar-refractivity contribution in [1.82, 2.24) is 10.2 Å². The molecule has 1 heterocycles. The van der Waals surface area contributed by atoms with E-state index < -0.39 is 11.6 Å². The Hall–Kier alpha value is -1.14. The lowest BCUT2D eigenvalue weighted by molar-refractivity contribution is -0.137. The molecule has 17 heavy (non-hydrogen) atoms. The van der Waals surface area contributed by atoms with Gasteiger partial charge in [0.1, 0.15) is 0 Å². The number of aliphatic carboxylic acids is 1. The molecule has 0 radical (unpaired) electrons. The number of hydrogen-bond donors (Lipinski definition) is 3. The van der Waals surface area contributed by atoms with Crippen LogP contribution in [0.15, 0.2) is 0 Å². The minimum Gasteiger partial charge on any atom is -0.481 e. The van der Waals surface area contributed by atoms with E-state index in [9.17, 15) is 14.7 Å². The number of carbonyl (C=O) groups is 2. The number of β-amino-alcohol motifs (C(OH)–C–C–N with tert-alkyl or cyclic N) is 1. The first-order valence-corrected chi connectivity index (χ1v) is 5.88. The Morgan fingerprint density at radius 2 is 2.06 bits per heavy atom. The van der Waals surface area contributed by atoms with E-state index in [1.807, 2.05) is 11.8 Å². The smallest absolute Gasteiger partial charge is 0.303 e. The summed E-state index contributed by atoms with van der Waals surface area (Å²) in [6, 6.07) is 0. The number of carbonyl (C=O) groups excluding carboxylic acids is 1. The summed E-state index contributed by atoms with van der Waals surface area (Å²) < 4.78 is 0. The summed E-state index contributed by atoms with van der Waals surface area (Å²) in [5.74, 6) is -0.969. The fraction of sp³-hybridized carbons (Fsp3) is 0.818. The van der Waals surface area contributed by atoms with E-state index in [1.54, 1.807) is 0 Å². The van der Waals surface area contributed by atoms with E-state index in [0.29, 0.717) is 32.5 Å². The fourth-order valence-corrected chi connectivity index (χ4v) is 1.85. The molecule has 0 aliphatic carbocycles. The van der Waals surface area contributed by atoms with Crippen LogP contribution in [0.4, 0.5) is 0 Å². The van der Waals surface area contributed by atoms with Crippen molar-refractivity contribution >= 4 is 11.9 Å². The summed E-state index contributed by atoms with van der Waals surface area (Å²) in [5, 5.41) is 20.8. The SMILES string of the molecule is CCC1(O)CN(CC(=O)NCCCC(=O)O)C1. The normalized spacial score (nSPS) is 18.5. The molecule has 0 aromatic rings.